The van der Waals surface area contributed by atoms with Crippen molar-refractivity contribution in [2.24, 2.45) is 12.5 Å². The third kappa shape index (κ3) is 8.37. The number of amides is 1. The highest BCUT2D eigenvalue weighted by molar-refractivity contribution is 5.94. The summed E-state index contributed by atoms with van der Waals surface area (Å²) in [7, 11) is 2.00. The number of hydrogen-bond acceptors (Lipinski definition) is 7. The van der Waals surface area contributed by atoms with Gasteiger partial charge in [-0.25, -0.2) is 4.79 Å². The summed E-state index contributed by atoms with van der Waals surface area (Å²) in [6.45, 7) is 11.2. The first-order valence-electron chi connectivity index (χ1n) is 18.1. The number of aryl methyl sites for hydroxylation is 1. The zero-order valence-electron chi connectivity index (χ0n) is 30.3. The summed E-state index contributed by atoms with van der Waals surface area (Å²) >= 11 is 0. The Bertz CT molecular complexity index is 1940. The fourth-order valence-electron chi connectivity index (χ4n) is 7.29. The van der Waals surface area contributed by atoms with Gasteiger partial charge in [0.25, 0.3) is 0 Å². The number of fused-ring (bicyclic) bond motifs is 1. The van der Waals surface area contributed by atoms with E-state index in [-0.39, 0.29) is 6.09 Å². The van der Waals surface area contributed by atoms with Crippen LogP contribution in [0.2, 0.25) is 0 Å². The number of rotatable bonds is 9. The quantitative estimate of drug-likeness (QED) is 0.154. The molecule has 1 amide bonds. The van der Waals surface area contributed by atoms with Crippen molar-refractivity contribution < 1.29 is 19.0 Å². The minimum absolute atomic E-state index is 0.180. The van der Waals surface area contributed by atoms with Crippen molar-refractivity contribution in [3.05, 3.63) is 108 Å². The molecule has 0 bridgehead atoms. The number of pyridine rings is 1. The first-order chi connectivity index (χ1) is 24.6. The molecule has 7 rings (SSSR count). The van der Waals surface area contributed by atoms with Gasteiger partial charge in [0.2, 0.25) is 11.8 Å². The number of piperidine rings is 2. The maximum atomic E-state index is 12.6. The predicted octanol–water partition coefficient (Wildman–Crippen LogP) is 8.41. The van der Waals surface area contributed by atoms with Crippen LogP contribution in [0.25, 0.3) is 22.2 Å². The van der Waals surface area contributed by atoms with E-state index < -0.39 is 5.60 Å². The molecule has 3 aromatic carbocycles. The average molecular weight is 688 g/mol. The molecule has 5 aromatic rings. The van der Waals surface area contributed by atoms with Gasteiger partial charge >= 0.3 is 6.09 Å². The molecule has 2 aromatic heterocycles. The van der Waals surface area contributed by atoms with Crippen LogP contribution in [-0.4, -0.2) is 62.4 Å². The Morgan fingerprint density at radius 3 is 2.04 bits per heavy atom. The summed E-state index contributed by atoms with van der Waals surface area (Å²) < 4.78 is 20.0. The number of benzene rings is 3. The molecule has 2 fully saturated rings. The van der Waals surface area contributed by atoms with E-state index in [0.29, 0.717) is 30.4 Å². The van der Waals surface area contributed by atoms with Crippen LogP contribution in [0.15, 0.2) is 91.0 Å². The normalized spacial score (nSPS) is 16.4. The zero-order chi connectivity index (χ0) is 35.4. The van der Waals surface area contributed by atoms with Gasteiger partial charge in [0.15, 0.2) is 0 Å². The minimum atomic E-state index is -0.460. The van der Waals surface area contributed by atoms with E-state index in [1.807, 2.05) is 110 Å². The molecular formula is C42H49N5O4. The van der Waals surface area contributed by atoms with E-state index in [1.165, 1.54) is 5.56 Å². The maximum Gasteiger partial charge on any atom is 0.410 e. The van der Waals surface area contributed by atoms with Crippen LogP contribution in [-0.2, 0) is 31.5 Å². The van der Waals surface area contributed by atoms with E-state index in [4.69, 9.17) is 24.3 Å². The average Bonchev–Trinajstić information content (AvgIpc) is 3.46. The summed E-state index contributed by atoms with van der Waals surface area (Å²) in [6.07, 6.45) is 4.25. The second-order valence-electron chi connectivity index (χ2n) is 15.1. The number of ether oxygens (including phenoxy) is 3. The fourth-order valence-corrected chi connectivity index (χ4v) is 7.29. The molecule has 1 spiro atoms. The van der Waals surface area contributed by atoms with Crippen molar-refractivity contribution in [1.82, 2.24) is 24.6 Å². The van der Waals surface area contributed by atoms with Crippen molar-refractivity contribution in [2.45, 2.75) is 71.8 Å². The second kappa shape index (κ2) is 14.8. The summed E-state index contributed by atoms with van der Waals surface area (Å²) in [5.41, 5.74) is 6.01. The monoisotopic (exact) mass is 687 g/mol. The third-order valence-electron chi connectivity index (χ3n) is 10.3. The van der Waals surface area contributed by atoms with Crippen LogP contribution in [0.5, 0.6) is 11.8 Å². The molecule has 0 saturated carbocycles. The van der Waals surface area contributed by atoms with Gasteiger partial charge in [-0.2, -0.15) is 10.1 Å². The van der Waals surface area contributed by atoms with Crippen molar-refractivity contribution in [2.75, 3.05) is 26.2 Å². The van der Waals surface area contributed by atoms with Crippen LogP contribution < -0.4 is 9.47 Å². The molecule has 0 aliphatic carbocycles. The Morgan fingerprint density at radius 1 is 0.765 bits per heavy atom. The van der Waals surface area contributed by atoms with Crippen molar-refractivity contribution >= 4 is 17.0 Å². The molecule has 0 unspecified atom stereocenters. The Labute approximate surface area is 301 Å². The van der Waals surface area contributed by atoms with Crippen molar-refractivity contribution in [3.63, 3.8) is 0 Å². The summed E-state index contributed by atoms with van der Waals surface area (Å²) in [6, 6.07) is 30.8. The number of carbonyl (C=O) groups excluding carboxylic acids is 1. The fraction of sp³-hybridized carbons (Fsp3) is 0.405. The molecule has 51 heavy (non-hydrogen) atoms. The molecule has 2 aliphatic heterocycles. The van der Waals surface area contributed by atoms with Gasteiger partial charge < -0.3 is 19.1 Å². The van der Waals surface area contributed by atoms with E-state index >= 15 is 0 Å². The number of carbonyl (C=O) groups is 1. The van der Waals surface area contributed by atoms with Crippen LogP contribution in [0, 0.1) is 5.41 Å². The van der Waals surface area contributed by atoms with E-state index in [0.717, 1.165) is 91.7 Å². The first-order valence-corrected chi connectivity index (χ1v) is 18.1. The van der Waals surface area contributed by atoms with Gasteiger partial charge in [-0.3, -0.25) is 9.58 Å². The Kier molecular flexibility index (Phi) is 10.0. The zero-order valence-corrected chi connectivity index (χ0v) is 30.3. The smallest absolute Gasteiger partial charge is 0.410 e. The molecule has 2 aliphatic rings. The van der Waals surface area contributed by atoms with Gasteiger partial charge in [0.05, 0.1) is 11.1 Å². The molecule has 2 saturated heterocycles. The Morgan fingerprint density at radius 2 is 1.39 bits per heavy atom. The summed E-state index contributed by atoms with van der Waals surface area (Å²) in [4.78, 5) is 21.9. The second-order valence-corrected chi connectivity index (χ2v) is 15.1. The maximum absolute atomic E-state index is 12.6. The highest BCUT2D eigenvalue weighted by Crippen LogP contribution is 2.42. The van der Waals surface area contributed by atoms with Gasteiger partial charge in [-0.15, -0.1) is 0 Å². The first kappa shape index (κ1) is 34.6. The molecule has 4 heterocycles. The number of hydrogen-bond donors (Lipinski definition) is 0. The highest BCUT2D eigenvalue weighted by Gasteiger charge is 2.39. The lowest BCUT2D eigenvalue weighted by molar-refractivity contribution is -0.00312. The highest BCUT2D eigenvalue weighted by atomic mass is 16.6. The minimum Gasteiger partial charge on any atom is -0.473 e. The molecular weight excluding hydrogens is 638 g/mol. The van der Waals surface area contributed by atoms with Crippen LogP contribution in [0.3, 0.4) is 0 Å². The molecule has 9 heteroatoms. The molecule has 9 nitrogen and oxygen atoms in total. The Hall–Kier alpha value is -4.89. The lowest BCUT2D eigenvalue weighted by atomic mass is 9.71. The Balaban J connectivity index is 1.03. The third-order valence-corrected chi connectivity index (χ3v) is 10.3. The predicted molar refractivity (Wildman–Crippen MR) is 199 cm³/mol. The topological polar surface area (TPSA) is 82.0 Å². The molecule has 0 N–H and O–H groups in total. The van der Waals surface area contributed by atoms with Gasteiger partial charge in [-0.05, 0) is 93.8 Å². The van der Waals surface area contributed by atoms with E-state index in [9.17, 15) is 4.79 Å². The van der Waals surface area contributed by atoms with Crippen LogP contribution in [0.4, 0.5) is 4.79 Å². The number of aromatic nitrogens is 3. The number of likely N-dealkylation sites (tertiary alicyclic amines) is 2. The summed E-state index contributed by atoms with van der Waals surface area (Å²) in [5.74, 6) is 0.998. The largest absolute Gasteiger partial charge is 0.473 e. The lowest BCUT2D eigenvalue weighted by Crippen LogP contribution is -2.49. The number of nitrogens with zero attached hydrogens (tertiary/aromatic N) is 5. The molecule has 266 valence electrons. The van der Waals surface area contributed by atoms with Gasteiger partial charge in [0, 0.05) is 38.1 Å². The van der Waals surface area contributed by atoms with E-state index in [2.05, 4.69) is 23.1 Å². The SMILES string of the molecule is Cn1nc(-c2ccc(OCc3ccccc3)nc2OCc2ccccc2)c2ccc(CN3CCC4(CC3)CCN(C(=O)OC(C)(C)C)CC4)cc21. The van der Waals surface area contributed by atoms with E-state index in [1.54, 1.807) is 0 Å². The summed E-state index contributed by atoms with van der Waals surface area (Å²) in [5, 5.41) is 6.04. The lowest BCUT2D eigenvalue weighted by Gasteiger charge is -2.46. The standard InChI is InChI=1S/C42H49N5O4/c1-41(2,3)51-40(48)47-25-21-42(22-26-47)19-23-46(24-20-42)28-33-15-16-34-36(27-33)45(4)44-38(34)35-17-18-37(49-29-31-11-7-5-8-12-31)43-39(35)50-30-32-13-9-6-10-14-32/h5-18,27H,19-26,28-30H2,1-4H3. The van der Waals surface area contributed by atoms with Crippen molar-refractivity contribution in [3.8, 4) is 23.0 Å². The molecule has 0 radical (unpaired) electrons. The van der Waals surface area contributed by atoms with Crippen LogP contribution >= 0.6 is 0 Å². The van der Waals surface area contributed by atoms with Crippen molar-refractivity contribution in [1.29, 1.82) is 0 Å². The van der Waals surface area contributed by atoms with Gasteiger partial charge in [0.1, 0.15) is 24.5 Å². The van der Waals surface area contributed by atoms with Crippen LogP contribution in [0.1, 0.15) is 63.1 Å². The van der Waals surface area contributed by atoms with Gasteiger partial charge in [-0.1, -0.05) is 72.8 Å². The molecule has 0 atom stereocenters.